The number of benzene rings is 1. The van der Waals surface area contributed by atoms with Crippen molar-refractivity contribution in [1.82, 2.24) is 14.5 Å². The number of carbonyl (C=O) groups is 1. The minimum absolute atomic E-state index is 0.0712. The molecule has 0 saturated carbocycles. The summed E-state index contributed by atoms with van der Waals surface area (Å²) in [5.74, 6) is -0.567. The molecule has 114 valence electrons. The number of carbonyl (C=O) groups excluding carboxylic acids is 1. The Morgan fingerprint density at radius 1 is 1.04 bits per heavy atom. The monoisotopic (exact) mass is 326 g/mol. The summed E-state index contributed by atoms with van der Waals surface area (Å²) in [6, 6.07) is 11.7. The summed E-state index contributed by atoms with van der Waals surface area (Å²) < 4.78 is 1.37. The van der Waals surface area contributed by atoms with Gasteiger partial charge in [-0.25, -0.2) is 4.98 Å². The highest BCUT2D eigenvalue weighted by Crippen LogP contribution is 2.12. The van der Waals surface area contributed by atoms with Crippen molar-refractivity contribution in [3.63, 3.8) is 0 Å². The first-order valence-electron chi connectivity index (χ1n) is 6.71. The molecular weight excluding hydrogens is 316 g/mol. The fourth-order valence-electron chi connectivity index (χ4n) is 1.97. The average molecular weight is 327 g/mol. The zero-order valence-corrected chi connectivity index (χ0v) is 12.6. The predicted molar refractivity (Wildman–Crippen MR) is 87.0 cm³/mol. The van der Waals surface area contributed by atoms with Gasteiger partial charge in [-0.15, -0.1) is 0 Å². The molecule has 6 nitrogen and oxygen atoms in total. The van der Waals surface area contributed by atoms with E-state index in [0.717, 1.165) is 0 Å². The summed E-state index contributed by atoms with van der Waals surface area (Å²) in [7, 11) is 0. The molecule has 3 rings (SSSR count). The van der Waals surface area contributed by atoms with Crippen LogP contribution in [0.4, 0.5) is 5.82 Å². The second-order valence-corrected chi connectivity index (χ2v) is 5.03. The van der Waals surface area contributed by atoms with Gasteiger partial charge in [-0.3, -0.25) is 19.1 Å². The number of nitrogens with zero attached hydrogens (tertiary/aromatic N) is 3. The normalized spacial score (nSPS) is 10.3. The highest BCUT2D eigenvalue weighted by molar-refractivity contribution is 6.30. The topological polar surface area (TPSA) is 76.9 Å². The zero-order valence-electron chi connectivity index (χ0n) is 11.8. The van der Waals surface area contributed by atoms with Crippen LogP contribution >= 0.6 is 11.6 Å². The van der Waals surface area contributed by atoms with E-state index in [0.29, 0.717) is 10.7 Å². The minimum Gasteiger partial charge on any atom is -0.301 e. The maximum atomic E-state index is 12.5. The molecule has 0 saturated heterocycles. The van der Waals surface area contributed by atoms with Crippen LogP contribution in [0.5, 0.6) is 0 Å². The minimum atomic E-state index is -0.496. The fourth-order valence-corrected chi connectivity index (χ4v) is 2.10. The number of hydrogen-bond donors (Lipinski definition) is 1. The standard InChI is InChI=1S/C16H11ClN4O2/c17-11-4-6-12(7-5-11)21-10-9-19-14(16(21)23)20-15(22)13-3-1-2-8-18-13/h1-10H,(H,19,20,22). The third-order valence-electron chi connectivity index (χ3n) is 3.08. The van der Waals surface area contributed by atoms with Crippen LogP contribution in [0.2, 0.25) is 5.02 Å². The van der Waals surface area contributed by atoms with Crippen molar-refractivity contribution >= 4 is 23.3 Å². The Hall–Kier alpha value is -2.99. The maximum Gasteiger partial charge on any atom is 0.298 e. The largest absolute Gasteiger partial charge is 0.301 e. The maximum absolute atomic E-state index is 12.5. The van der Waals surface area contributed by atoms with E-state index in [4.69, 9.17) is 11.6 Å². The molecule has 0 aliphatic heterocycles. The number of anilines is 1. The van der Waals surface area contributed by atoms with Gasteiger partial charge in [0.05, 0.1) is 0 Å². The predicted octanol–water partition coefficient (Wildman–Crippen LogP) is 2.53. The first-order valence-corrected chi connectivity index (χ1v) is 7.09. The number of halogens is 1. The molecule has 1 N–H and O–H groups in total. The van der Waals surface area contributed by atoms with Crippen LogP contribution < -0.4 is 10.9 Å². The van der Waals surface area contributed by atoms with Crippen molar-refractivity contribution in [3.05, 3.63) is 82.1 Å². The van der Waals surface area contributed by atoms with E-state index < -0.39 is 11.5 Å². The molecule has 0 aliphatic carbocycles. The van der Waals surface area contributed by atoms with E-state index in [1.54, 1.807) is 42.5 Å². The molecule has 1 amide bonds. The van der Waals surface area contributed by atoms with Gasteiger partial charge in [0.15, 0.2) is 5.82 Å². The summed E-state index contributed by atoms with van der Waals surface area (Å²) in [5, 5.41) is 3.05. The quantitative estimate of drug-likeness (QED) is 0.802. The second kappa shape index (κ2) is 6.41. The summed E-state index contributed by atoms with van der Waals surface area (Å²) in [6.07, 6.45) is 4.45. The van der Waals surface area contributed by atoms with Crippen LogP contribution in [0.15, 0.2) is 65.8 Å². The van der Waals surface area contributed by atoms with E-state index in [-0.39, 0.29) is 11.5 Å². The molecule has 3 aromatic rings. The summed E-state index contributed by atoms with van der Waals surface area (Å²) in [5.41, 5.74) is 0.379. The lowest BCUT2D eigenvalue weighted by Gasteiger charge is -2.08. The number of hydrogen-bond acceptors (Lipinski definition) is 4. The molecular formula is C16H11ClN4O2. The van der Waals surface area contributed by atoms with Crippen LogP contribution in [0.1, 0.15) is 10.5 Å². The Kier molecular flexibility index (Phi) is 4.16. The van der Waals surface area contributed by atoms with Crippen molar-refractivity contribution in [1.29, 1.82) is 0 Å². The molecule has 0 aliphatic rings. The van der Waals surface area contributed by atoms with Crippen molar-refractivity contribution in [2.75, 3.05) is 5.32 Å². The van der Waals surface area contributed by atoms with Crippen LogP contribution in [-0.2, 0) is 0 Å². The second-order valence-electron chi connectivity index (χ2n) is 4.60. The molecule has 0 unspecified atom stereocenters. The summed E-state index contributed by atoms with van der Waals surface area (Å²) >= 11 is 5.84. The molecule has 0 spiro atoms. The highest BCUT2D eigenvalue weighted by atomic mass is 35.5. The van der Waals surface area contributed by atoms with Gasteiger partial charge in [0, 0.05) is 29.3 Å². The average Bonchev–Trinajstić information content (AvgIpc) is 2.58. The van der Waals surface area contributed by atoms with E-state index in [1.165, 1.54) is 23.2 Å². The van der Waals surface area contributed by atoms with E-state index in [2.05, 4.69) is 15.3 Å². The van der Waals surface area contributed by atoms with Crippen molar-refractivity contribution < 1.29 is 4.79 Å². The van der Waals surface area contributed by atoms with Crippen LogP contribution in [-0.4, -0.2) is 20.4 Å². The van der Waals surface area contributed by atoms with Crippen molar-refractivity contribution in [2.45, 2.75) is 0 Å². The van der Waals surface area contributed by atoms with Gasteiger partial charge in [0.25, 0.3) is 11.5 Å². The third kappa shape index (κ3) is 3.27. The van der Waals surface area contributed by atoms with Gasteiger partial charge >= 0.3 is 0 Å². The lowest BCUT2D eigenvalue weighted by molar-refractivity contribution is 0.102. The Balaban J connectivity index is 1.93. The Morgan fingerprint density at radius 2 is 1.83 bits per heavy atom. The SMILES string of the molecule is O=C(Nc1nccn(-c2ccc(Cl)cc2)c1=O)c1ccccn1. The van der Waals surface area contributed by atoms with Crippen LogP contribution in [0, 0.1) is 0 Å². The molecule has 2 heterocycles. The summed E-state index contributed by atoms with van der Waals surface area (Å²) in [4.78, 5) is 32.4. The lowest BCUT2D eigenvalue weighted by Crippen LogP contribution is -2.26. The number of aromatic nitrogens is 3. The zero-order chi connectivity index (χ0) is 16.2. The first kappa shape index (κ1) is 14.9. The van der Waals surface area contributed by atoms with Gasteiger partial charge in [-0.05, 0) is 36.4 Å². The molecule has 23 heavy (non-hydrogen) atoms. The number of nitrogens with one attached hydrogen (secondary N) is 1. The van der Waals surface area contributed by atoms with Gasteiger partial charge < -0.3 is 5.32 Å². The van der Waals surface area contributed by atoms with Gasteiger partial charge in [-0.2, -0.15) is 0 Å². The van der Waals surface area contributed by atoms with E-state index in [1.807, 2.05) is 0 Å². The Bertz CT molecular complexity index is 892. The molecule has 0 atom stereocenters. The molecule has 1 aromatic carbocycles. The number of amides is 1. The molecule has 0 radical (unpaired) electrons. The van der Waals surface area contributed by atoms with Gasteiger partial charge in [0.2, 0.25) is 0 Å². The third-order valence-corrected chi connectivity index (χ3v) is 3.33. The molecule has 0 fully saturated rings. The smallest absolute Gasteiger partial charge is 0.298 e. The Labute approximate surface area is 136 Å². The van der Waals surface area contributed by atoms with Crippen molar-refractivity contribution in [2.24, 2.45) is 0 Å². The molecule has 0 bridgehead atoms. The highest BCUT2D eigenvalue weighted by Gasteiger charge is 2.12. The van der Waals surface area contributed by atoms with Crippen molar-refractivity contribution in [3.8, 4) is 5.69 Å². The number of pyridine rings is 1. The molecule has 7 heteroatoms. The first-order chi connectivity index (χ1) is 11.1. The van der Waals surface area contributed by atoms with Gasteiger partial charge in [0.1, 0.15) is 5.69 Å². The number of rotatable bonds is 3. The van der Waals surface area contributed by atoms with E-state index in [9.17, 15) is 9.59 Å². The fraction of sp³-hybridized carbons (Fsp3) is 0. The van der Waals surface area contributed by atoms with E-state index >= 15 is 0 Å². The van der Waals surface area contributed by atoms with Gasteiger partial charge in [-0.1, -0.05) is 17.7 Å². The van der Waals surface area contributed by atoms with Crippen LogP contribution in [0.25, 0.3) is 5.69 Å². The molecule has 2 aromatic heterocycles. The van der Waals surface area contributed by atoms with Crippen LogP contribution in [0.3, 0.4) is 0 Å². The Morgan fingerprint density at radius 3 is 2.52 bits per heavy atom. The lowest BCUT2D eigenvalue weighted by atomic mass is 10.3. The summed E-state index contributed by atoms with van der Waals surface area (Å²) in [6.45, 7) is 0.